The van der Waals surface area contributed by atoms with Gasteiger partial charge in [0, 0.05) is 27.9 Å². The summed E-state index contributed by atoms with van der Waals surface area (Å²) in [6.07, 6.45) is 4.93. The number of fused-ring (bicyclic) bond motifs is 9. The maximum Gasteiger partial charge on any atom is 0.0715 e. The average molecular weight is 679 g/mol. The van der Waals surface area contributed by atoms with Crippen LogP contribution in [0, 0.1) is 0 Å². The fraction of sp³-hybridized carbons (Fsp3) is 0.157. The van der Waals surface area contributed by atoms with Crippen LogP contribution in [0.2, 0.25) is 0 Å². The molecule has 2 unspecified atom stereocenters. The van der Waals surface area contributed by atoms with E-state index in [1.54, 1.807) is 0 Å². The van der Waals surface area contributed by atoms with Crippen molar-refractivity contribution in [3.8, 4) is 22.5 Å². The van der Waals surface area contributed by atoms with Crippen LogP contribution >= 0.6 is 0 Å². The number of pyridine rings is 1. The minimum Gasteiger partial charge on any atom is -0.334 e. The molecule has 10 aromatic rings. The second-order valence-electron chi connectivity index (χ2n) is 16.2. The summed E-state index contributed by atoms with van der Waals surface area (Å²) in [5.41, 5.74) is 8.61. The molecule has 9 aromatic carbocycles. The standard InChI is InChI=1S/C51H38N2/c1-50-26-6-7-27-51(50,2)53(33-14-4-3-5-15-33)47-25-22-32(28-44(47)50)45-20-11-21-46(52-45)34-23-24-39-43-30-41-37-17-9-13-31-12-8-16-36(48(31)37)40(41)29-42(43)38-19-10-18-35(34)49(38)39/h3-5,8-25,28-30H,6-7,26-27H2,1-2H3. The SMILES string of the molecule is CC12CCCCC1(C)N(c1ccccc1)c1ccc(-c3cccc(-c4ccc5c6cc7c(cc6c6cccc4c65)c4cccc5cccc7c54)n3)cc12. The molecular weight excluding hydrogens is 641 g/mol. The van der Waals surface area contributed by atoms with Gasteiger partial charge in [-0.05, 0) is 138 Å². The molecule has 0 saturated heterocycles. The maximum absolute atomic E-state index is 5.42. The molecule has 0 spiro atoms. The molecule has 0 N–H and O–H groups in total. The minimum atomic E-state index is 0.0297. The zero-order chi connectivity index (χ0) is 35.1. The van der Waals surface area contributed by atoms with Gasteiger partial charge in [0.05, 0.1) is 16.9 Å². The molecule has 2 heterocycles. The Morgan fingerprint density at radius 3 is 1.87 bits per heavy atom. The van der Waals surface area contributed by atoms with Gasteiger partial charge < -0.3 is 4.90 Å². The first-order valence-corrected chi connectivity index (χ1v) is 19.3. The molecule has 0 radical (unpaired) electrons. The maximum atomic E-state index is 5.42. The molecule has 2 heteroatoms. The lowest BCUT2D eigenvalue weighted by Gasteiger charge is -2.50. The quantitative estimate of drug-likeness (QED) is 0.185. The zero-order valence-electron chi connectivity index (χ0n) is 30.1. The third-order valence-corrected chi connectivity index (χ3v) is 13.7. The van der Waals surface area contributed by atoms with Crippen molar-refractivity contribution >= 4 is 76.0 Å². The fourth-order valence-electron chi connectivity index (χ4n) is 11.0. The number of nitrogens with zero attached hydrogens (tertiary/aromatic N) is 2. The number of benzene rings is 7. The van der Waals surface area contributed by atoms with Crippen LogP contribution in [0.15, 0.2) is 146 Å². The normalized spacial score (nSPS) is 20.1. The highest BCUT2D eigenvalue weighted by Crippen LogP contribution is 2.61. The molecule has 2 nitrogen and oxygen atoms in total. The number of para-hydroxylation sites is 1. The van der Waals surface area contributed by atoms with E-state index in [0.29, 0.717) is 0 Å². The molecule has 53 heavy (non-hydrogen) atoms. The monoisotopic (exact) mass is 678 g/mol. The van der Waals surface area contributed by atoms with Gasteiger partial charge in [-0.25, -0.2) is 4.98 Å². The molecule has 252 valence electrons. The van der Waals surface area contributed by atoms with Crippen molar-refractivity contribution < 1.29 is 0 Å². The van der Waals surface area contributed by atoms with Gasteiger partial charge in [-0.1, -0.05) is 117 Å². The summed E-state index contributed by atoms with van der Waals surface area (Å²) >= 11 is 0. The predicted octanol–water partition coefficient (Wildman–Crippen LogP) is 14.0. The molecule has 1 aliphatic carbocycles. The lowest BCUT2D eigenvalue weighted by atomic mass is 9.61. The van der Waals surface area contributed by atoms with E-state index in [2.05, 4.69) is 164 Å². The molecule has 0 bridgehead atoms. The van der Waals surface area contributed by atoms with Crippen molar-refractivity contribution in [2.45, 2.75) is 50.5 Å². The van der Waals surface area contributed by atoms with Crippen molar-refractivity contribution in [1.82, 2.24) is 4.98 Å². The van der Waals surface area contributed by atoms with E-state index in [-0.39, 0.29) is 11.0 Å². The van der Waals surface area contributed by atoms with Crippen LogP contribution in [0.4, 0.5) is 11.4 Å². The smallest absolute Gasteiger partial charge is 0.0715 e. The lowest BCUT2D eigenvalue weighted by molar-refractivity contribution is 0.195. The molecule has 1 saturated carbocycles. The average Bonchev–Trinajstić information content (AvgIpc) is 3.77. The molecule has 1 fully saturated rings. The fourth-order valence-corrected chi connectivity index (χ4v) is 11.0. The first kappa shape index (κ1) is 29.6. The molecule has 0 amide bonds. The Hall–Kier alpha value is -5.99. The Bertz CT molecular complexity index is 3020. The zero-order valence-corrected chi connectivity index (χ0v) is 30.1. The second-order valence-corrected chi connectivity index (χ2v) is 16.2. The Labute approximate surface area is 309 Å². The van der Waals surface area contributed by atoms with Crippen molar-refractivity contribution in [3.05, 3.63) is 151 Å². The van der Waals surface area contributed by atoms with Crippen molar-refractivity contribution in [2.75, 3.05) is 4.90 Å². The van der Waals surface area contributed by atoms with E-state index in [9.17, 15) is 0 Å². The Kier molecular flexibility index (Phi) is 5.76. The number of rotatable bonds is 3. The van der Waals surface area contributed by atoms with Gasteiger partial charge in [0.1, 0.15) is 0 Å². The topological polar surface area (TPSA) is 16.1 Å². The van der Waals surface area contributed by atoms with Crippen LogP contribution in [0.25, 0.3) is 87.1 Å². The van der Waals surface area contributed by atoms with Gasteiger partial charge in [-0.3, -0.25) is 0 Å². The van der Waals surface area contributed by atoms with Crippen LogP contribution in [0.5, 0.6) is 0 Å². The van der Waals surface area contributed by atoms with Gasteiger partial charge in [0.25, 0.3) is 0 Å². The summed E-state index contributed by atoms with van der Waals surface area (Å²) < 4.78 is 0. The summed E-state index contributed by atoms with van der Waals surface area (Å²) in [6.45, 7) is 5.01. The molecular formula is C51H38N2. The van der Waals surface area contributed by atoms with E-state index in [1.165, 1.54) is 118 Å². The Morgan fingerprint density at radius 1 is 0.491 bits per heavy atom. The van der Waals surface area contributed by atoms with Gasteiger partial charge in [-0.2, -0.15) is 0 Å². The first-order chi connectivity index (χ1) is 26.0. The van der Waals surface area contributed by atoms with Crippen molar-refractivity contribution in [3.63, 3.8) is 0 Å². The Morgan fingerprint density at radius 2 is 1.11 bits per heavy atom. The first-order valence-electron chi connectivity index (χ1n) is 19.3. The summed E-state index contributed by atoms with van der Waals surface area (Å²) in [6, 6.07) is 54.5. The minimum absolute atomic E-state index is 0.0297. The second kappa shape index (κ2) is 10.3. The summed E-state index contributed by atoms with van der Waals surface area (Å²) in [5, 5.41) is 16.0. The van der Waals surface area contributed by atoms with Crippen LogP contribution in [0.3, 0.4) is 0 Å². The van der Waals surface area contributed by atoms with Crippen LogP contribution in [-0.4, -0.2) is 10.5 Å². The van der Waals surface area contributed by atoms with E-state index < -0.39 is 0 Å². The van der Waals surface area contributed by atoms with Crippen molar-refractivity contribution in [1.29, 1.82) is 0 Å². The van der Waals surface area contributed by atoms with Crippen LogP contribution < -0.4 is 4.90 Å². The highest BCUT2D eigenvalue weighted by Gasteiger charge is 2.57. The van der Waals surface area contributed by atoms with Crippen LogP contribution in [0.1, 0.15) is 45.1 Å². The van der Waals surface area contributed by atoms with Gasteiger partial charge >= 0.3 is 0 Å². The van der Waals surface area contributed by atoms with E-state index in [4.69, 9.17) is 4.98 Å². The Balaban J connectivity index is 1.01. The predicted molar refractivity (Wildman–Crippen MR) is 225 cm³/mol. The van der Waals surface area contributed by atoms with Gasteiger partial charge in [-0.15, -0.1) is 0 Å². The van der Waals surface area contributed by atoms with Crippen LogP contribution in [-0.2, 0) is 5.41 Å². The number of anilines is 2. The van der Waals surface area contributed by atoms with E-state index in [0.717, 1.165) is 11.4 Å². The van der Waals surface area contributed by atoms with E-state index >= 15 is 0 Å². The third-order valence-electron chi connectivity index (χ3n) is 13.7. The lowest BCUT2D eigenvalue weighted by Crippen LogP contribution is -2.54. The van der Waals surface area contributed by atoms with Gasteiger partial charge in [0.15, 0.2) is 0 Å². The molecule has 1 aromatic heterocycles. The molecule has 12 rings (SSSR count). The summed E-state index contributed by atoms with van der Waals surface area (Å²) in [7, 11) is 0. The summed E-state index contributed by atoms with van der Waals surface area (Å²) in [5.74, 6) is 0. The van der Waals surface area contributed by atoms with Gasteiger partial charge in [0.2, 0.25) is 0 Å². The highest BCUT2D eigenvalue weighted by atomic mass is 15.3. The largest absolute Gasteiger partial charge is 0.334 e. The third kappa shape index (κ3) is 3.76. The molecule has 2 aliphatic rings. The highest BCUT2D eigenvalue weighted by molar-refractivity contribution is 6.38. The summed E-state index contributed by atoms with van der Waals surface area (Å²) in [4.78, 5) is 8.07. The molecule has 1 aliphatic heterocycles. The number of hydrogen-bond donors (Lipinski definition) is 0. The van der Waals surface area contributed by atoms with E-state index in [1.807, 2.05) is 0 Å². The van der Waals surface area contributed by atoms with Crippen molar-refractivity contribution in [2.24, 2.45) is 0 Å². The molecule has 2 atom stereocenters. The number of hydrogen-bond acceptors (Lipinski definition) is 2. The number of aromatic nitrogens is 1.